The van der Waals surface area contributed by atoms with E-state index in [1.54, 1.807) is 0 Å². The molecule has 0 aromatic heterocycles. The number of rotatable bonds is 16. The van der Waals surface area contributed by atoms with Gasteiger partial charge >= 0.3 is 51.4 Å². The molecule has 22 heavy (non-hydrogen) atoms. The van der Waals surface area contributed by atoms with E-state index < -0.39 is 5.97 Å². The second kappa shape index (κ2) is 24.3. The van der Waals surface area contributed by atoms with Crippen molar-refractivity contribution in [1.29, 1.82) is 0 Å². The zero-order valence-electron chi connectivity index (χ0n) is 15.1. The molecule has 0 atom stereocenters. The summed E-state index contributed by atoms with van der Waals surface area (Å²) in [6, 6.07) is 0. The standard InChI is InChI=1S/C18H36O2.K.H2O/c1-2-3-4-5-6-7-8-9-10-11-12-13-14-15-16-17-18(19)20;;/h2-17H2,1H3,(H,19,20);;1H2/q;+1;/p-1. The molecule has 2 N–H and O–H groups in total. The summed E-state index contributed by atoms with van der Waals surface area (Å²) >= 11 is 0. The molecule has 0 aromatic rings. The molecule has 0 aliphatic rings. The fourth-order valence-electron chi connectivity index (χ4n) is 2.64. The van der Waals surface area contributed by atoms with Crippen LogP contribution in [0.2, 0.25) is 0 Å². The molecule has 0 aliphatic carbocycles. The molecule has 0 amide bonds. The molecule has 0 heterocycles. The molecule has 3 nitrogen and oxygen atoms in total. The molecule has 0 fully saturated rings. The number of unbranched alkanes of at least 4 members (excludes halogenated alkanes) is 14. The minimum atomic E-state index is -0.903. The first kappa shape index (κ1) is 27.9. The van der Waals surface area contributed by atoms with Crippen molar-refractivity contribution in [2.24, 2.45) is 0 Å². The van der Waals surface area contributed by atoms with Gasteiger partial charge in [0.2, 0.25) is 0 Å². The summed E-state index contributed by atoms with van der Waals surface area (Å²) in [6.45, 7) is 2.27. The van der Waals surface area contributed by atoms with Gasteiger partial charge in [0.1, 0.15) is 0 Å². The normalized spacial score (nSPS) is 9.86. The van der Waals surface area contributed by atoms with Crippen LogP contribution in [0.15, 0.2) is 0 Å². The van der Waals surface area contributed by atoms with Gasteiger partial charge in [-0.05, 0) is 12.8 Å². The average Bonchev–Trinajstić information content (AvgIpc) is 2.43. The molecule has 0 saturated heterocycles. The molecule has 0 unspecified atom stereocenters. The molecule has 0 aromatic carbocycles. The molecule has 0 aliphatic heterocycles. The molecular formula is C18H37KO3. The van der Waals surface area contributed by atoms with Crippen LogP contribution in [0.4, 0.5) is 0 Å². The molecule has 0 spiro atoms. The monoisotopic (exact) mass is 340 g/mol. The number of hydrogen-bond acceptors (Lipinski definition) is 2. The second-order valence-electron chi connectivity index (χ2n) is 6.07. The van der Waals surface area contributed by atoms with E-state index in [0.29, 0.717) is 0 Å². The fourth-order valence-corrected chi connectivity index (χ4v) is 2.64. The van der Waals surface area contributed by atoms with E-state index in [1.807, 2.05) is 0 Å². The van der Waals surface area contributed by atoms with Gasteiger partial charge in [0.05, 0.1) is 0 Å². The molecular weight excluding hydrogens is 303 g/mol. The molecule has 4 heteroatoms. The van der Waals surface area contributed by atoms with Crippen LogP contribution in [-0.2, 0) is 4.79 Å². The van der Waals surface area contributed by atoms with Crippen LogP contribution in [0.5, 0.6) is 0 Å². The number of carboxylic acid groups (broad SMARTS) is 1. The van der Waals surface area contributed by atoms with Crippen molar-refractivity contribution >= 4 is 5.97 Å². The maximum atomic E-state index is 10.2. The van der Waals surface area contributed by atoms with Crippen molar-refractivity contribution in [2.75, 3.05) is 0 Å². The van der Waals surface area contributed by atoms with Crippen molar-refractivity contribution in [2.45, 2.75) is 110 Å². The van der Waals surface area contributed by atoms with Crippen LogP contribution in [-0.4, -0.2) is 11.4 Å². The van der Waals surface area contributed by atoms with E-state index in [0.717, 1.165) is 12.8 Å². The summed E-state index contributed by atoms with van der Waals surface area (Å²) < 4.78 is 0. The van der Waals surface area contributed by atoms with E-state index in [9.17, 15) is 9.90 Å². The van der Waals surface area contributed by atoms with Crippen LogP contribution in [0.3, 0.4) is 0 Å². The van der Waals surface area contributed by atoms with Gasteiger partial charge in [-0.25, -0.2) is 0 Å². The molecule has 0 rings (SSSR count). The van der Waals surface area contributed by atoms with Crippen LogP contribution in [0.25, 0.3) is 0 Å². The van der Waals surface area contributed by atoms with Crippen LogP contribution in [0.1, 0.15) is 110 Å². The Bertz CT molecular complexity index is 211. The molecule has 0 saturated carbocycles. The Morgan fingerprint density at radius 2 is 0.909 bits per heavy atom. The number of aliphatic carboxylic acids is 1. The first-order chi connectivity index (χ1) is 9.77. The van der Waals surface area contributed by atoms with Gasteiger partial charge in [0.15, 0.2) is 0 Å². The Labute approximate surface area is 180 Å². The third kappa shape index (κ3) is 26.0. The van der Waals surface area contributed by atoms with E-state index >= 15 is 0 Å². The van der Waals surface area contributed by atoms with Crippen molar-refractivity contribution in [3.05, 3.63) is 0 Å². The van der Waals surface area contributed by atoms with Crippen LogP contribution < -0.4 is 56.5 Å². The summed E-state index contributed by atoms with van der Waals surface area (Å²) in [5.74, 6) is -0.903. The average molecular weight is 341 g/mol. The Morgan fingerprint density at radius 3 is 1.18 bits per heavy atom. The predicted octanol–water partition coefficient (Wildman–Crippen LogP) is 1.18. The van der Waals surface area contributed by atoms with Gasteiger partial charge in [-0.3, -0.25) is 0 Å². The predicted molar refractivity (Wildman–Crippen MR) is 88.2 cm³/mol. The van der Waals surface area contributed by atoms with Crippen LogP contribution >= 0.6 is 0 Å². The van der Waals surface area contributed by atoms with Gasteiger partial charge in [-0.1, -0.05) is 96.8 Å². The summed E-state index contributed by atoms with van der Waals surface area (Å²) in [5.41, 5.74) is 0. The maximum Gasteiger partial charge on any atom is 1.00 e. The maximum absolute atomic E-state index is 10.2. The Morgan fingerprint density at radius 1 is 0.636 bits per heavy atom. The number of hydrogen-bond donors (Lipinski definition) is 0. The summed E-state index contributed by atoms with van der Waals surface area (Å²) in [6.07, 6.45) is 19.9. The molecule has 0 radical (unpaired) electrons. The molecule has 0 bridgehead atoms. The minimum absolute atomic E-state index is 0. The second-order valence-corrected chi connectivity index (χ2v) is 6.07. The van der Waals surface area contributed by atoms with Crippen molar-refractivity contribution in [1.82, 2.24) is 0 Å². The first-order valence-corrected chi connectivity index (χ1v) is 8.97. The smallest absolute Gasteiger partial charge is 0.550 e. The number of carboxylic acids is 1. The van der Waals surface area contributed by atoms with Crippen molar-refractivity contribution in [3.63, 3.8) is 0 Å². The van der Waals surface area contributed by atoms with E-state index in [2.05, 4.69) is 6.92 Å². The third-order valence-corrected chi connectivity index (χ3v) is 3.98. The van der Waals surface area contributed by atoms with E-state index in [1.165, 1.54) is 83.5 Å². The topological polar surface area (TPSA) is 71.6 Å². The summed E-state index contributed by atoms with van der Waals surface area (Å²) in [5, 5.41) is 10.2. The summed E-state index contributed by atoms with van der Waals surface area (Å²) in [4.78, 5) is 10.2. The van der Waals surface area contributed by atoms with Gasteiger partial charge in [-0.2, -0.15) is 0 Å². The SMILES string of the molecule is CCCCCCCCCCCCCCCCCC(=O)[O-].O.[K+]. The van der Waals surface area contributed by atoms with E-state index in [-0.39, 0.29) is 63.3 Å². The third-order valence-electron chi connectivity index (χ3n) is 3.98. The zero-order valence-corrected chi connectivity index (χ0v) is 18.3. The van der Waals surface area contributed by atoms with Gasteiger partial charge < -0.3 is 15.4 Å². The van der Waals surface area contributed by atoms with Gasteiger partial charge in [-0.15, -0.1) is 0 Å². The van der Waals surface area contributed by atoms with Gasteiger partial charge in [0, 0.05) is 5.97 Å². The number of carbonyl (C=O) groups excluding carboxylic acids is 1. The Hall–Kier alpha value is 1.07. The zero-order chi connectivity index (χ0) is 14.9. The van der Waals surface area contributed by atoms with Crippen LogP contribution in [0, 0.1) is 0 Å². The largest absolute Gasteiger partial charge is 1.00 e. The Balaban J connectivity index is -0.00000180. The molecule has 128 valence electrons. The van der Waals surface area contributed by atoms with E-state index in [4.69, 9.17) is 0 Å². The quantitative estimate of drug-likeness (QED) is 0.313. The van der Waals surface area contributed by atoms with Gasteiger partial charge in [0.25, 0.3) is 0 Å². The van der Waals surface area contributed by atoms with Crippen molar-refractivity contribution in [3.8, 4) is 0 Å². The first-order valence-electron chi connectivity index (χ1n) is 8.97. The minimum Gasteiger partial charge on any atom is -0.550 e. The summed E-state index contributed by atoms with van der Waals surface area (Å²) in [7, 11) is 0. The number of carbonyl (C=O) groups is 1. The fraction of sp³-hybridized carbons (Fsp3) is 0.944. The Kier molecular flexibility index (Phi) is 30.8. The van der Waals surface area contributed by atoms with Crippen molar-refractivity contribution < 1.29 is 66.8 Å².